The third-order valence-electron chi connectivity index (χ3n) is 2.32. The maximum atomic E-state index is 3.97. The van der Waals surface area contributed by atoms with Crippen molar-refractivity contribution in [2.24, 2.45) is 0 Å². The normalized spacial score (nSPS) is 37.7. The Balaban J connectivity index is 2.66. The molecule has 3 unspecified atom stereocenters. The quantitative estimate of drug-likeness (QED) is 0.414. The Morgan fingerprint density at radius 1 is 1.82 bits per heavy atom. The molecule has 11 heavy (non-hydrogen) atoms. The highest BCUT2D eigenvalue weighted by Gasteiger charge is 2.34. The smallest absolute Gasteiger partial charge is 0.116 e. The highest BCUT2D eigenvalue weighted by molar-refractivity contribution is 7.22. The maximum Gasteiger partial charge on any atom is 0.116 e. The molecule has 62 valence electrons. The van der Waals surface area contributed by atoms with Crippen molar-refractivity contribution in [3.05, 3.63) is 12.3 Å². The topological polar surface area (TPSA) is 3.24 Å². The summed E-state index contributed by atoms with van der Waals surface area (Å²) in [5.74, 6) is 0. The number of allylic oxidation sites excluding steroid dienone is 1. The lowest BCUT2D eigenvalue weighted by atomic mass is 9.84. The van der Waals surface area contributed by atoms with Gasteiger partial charge in [-0.3, -0.25) is 0 Å². The van der Waals surface area contributed by atoms with E-state index in [1.54, 1.807) is 0 Å². The highest BCUT2D eigenvalue weighted by atomic mass is 31.0. The van der Waals surface area contributed by atoms with Gasteiger partial charge in [-0.05, 0) is 25.3 Å². The van der Waals surface area contributed by atoms with Gasteiger partial charge in [0.1, 0.15) is 7.85 Å². The Morgan fingerprint density at radius 2 is 2.36 bits per heavy atom. The number of hydrogen-bond acceptors (Lipinski definition) is 1. The van der Waals surface area contributed by atoms with Crippen LogP contribution in [0.25, 0.3) is 0 Å². The van der Waals surface area contributed by atoms with E-state index < -0.39 is 0 Å². The van der Waals surface area contributed by atoms with Crippen LogP contribution < -0.4 is 0 Å². The van der Waals surface area contributed by atoms with Crippen LogP contribution in [0.5, 0.6) is 0 Å². The van der Waals surface area contributed by atoms with Crippen LogP contribution in [0, 0.1) is 0 Å². The molecule has 0 amide bonds. The molecule has 0 aromatic heterocycles. The predicted octanol–water partition coefficient (Wildman–Crippen LogP) is 0.819. The average Bonchev–Trinajstić information content (AvgIpc) is 2.05. The van der Waals surface area contributed by atoms with E-state index in [0.717, 1.165) is 6.54 Å². The molecule has 0 aromatic carbocycles. The second-order valence-electron chi connectivity index (χ2n) is 4.07. The standard InChI is InChI=1S/C8H17BNP/c1-6(2)10-5-8(9,11)4-7(10)3/h7H,1,4-5,9,11H2,2-3H3. The summed E-state index contributed by atoms with van der Waals surface area (Å²) in [5, 5.41) is 0.401. The van der Waals surface area contributed by atoms with Gasteiger partial charge in [0.05, 0.1) is 0 Å². The lowest BCUT2D eigenvalue weighted by Gasteiger charge is -2.24. The van der Waals surface area contributed by atoms with E-state index in [4.69, 9.17) is 0 Å². The zero-order valence-corrected chi connectivity index (χ0v) is 8.88. The third-order valence-corrected chi connectivity index (χ3v) is 2.73. The fourth-order valence-electron chi connectivity index (χ4n) is 1.91. The van der Waals surface area contributed by atoms with Gasteiger partial charge in [0.2, 0.25) is 0 Å². The molecule has 3 atom stereocenters. The van der Waals surface area contributed by atoms with Gasteiger partial charge in [0.25, 0.3) is 0 Å². The second kappa shape index (κ2) is 2.82. The fraction of sp³-hybridized carbons (Fsp3) is 0.750. The van der Waals surface area contributed by atoms with E-state index in [1.165, 1.54) is 12.1 Å². The summed E-state index contributed by atoms with van der Waals surface area (Å²) in [5.41, 5.74) is 1.20. The minimum atomic E-state index is 0.401. The molecule has 0 spiro atoms. The van der Waals surface area contributed by atoms with E-state index in [9.17, 15) is 0 Å². The van der Waals surface area contributed by atoms with Crippen molar-refractivity contribution in [3.63, 3.8) is 0 Å². The summed E-state index contributed by atoms with van der Waals surface area (Å²) in [6, 6.07) is 0.662. The van der Waals surface area contributed by atoms with E-state index in [1.807, 2.05) is 0 Å². The lowest BCUT2D eigenvalue weighted by Crippen LogP contribution is -2.27. The molecule has 3 heteroatoms. The van der Waals surface area contributed by atoms with Gasteiger partial charge in [-0.1, -0.05) is 6.58 Å². The molecule has 0 bridgehead atoms. The van der Waals surface area contributed by atoms with Crippen molar-refractivity contribution < 1.29 is 0 Å². The minimum Gasteiger partial charge on any atom is -0.373 e. The molecule has 1 saturated heterocycles. The maximum absolute atomic E-state index is 3.97. The first kappa shape index (κ1) is 9.13. The van der Waals surface area contributed by atoms with Gasteiger partial charge >= 0.3 is 0 Å². The van der Waals surface area contributed by atoms with Crippen LogP contribution in [0.4, 0.5) is 0 Å². The number of hydrogen-bond donors (Lipinski definition) is 0. The van der Waals surface area contributed by atoms with Crippen molar-refractivity contribution >= 4 is 17.1 Å². The zero-order chi connectivity index (χ0) is 8.65. The minimum absolute atomic E-state index is 0.401. The molecule has 1 nitrogen and oxygen atoms in total. The second-order valence-corrected chi connectivity index (χ2v) is 5.46. The largest absolute Gasteiger partial charge is 0.373 e. The molecule has 0 aromatic rings. The van der Waals surface area contributed by atoms with Crippen LogP contribution in [0.3, 0.4) is 0 Å². The zero-order valence-electron chi connectivity index (χ0n) is 7.72. The van der Waals surface area contributed by atoms with Crippen LogP contribution in [-0.4, -0.2) is 30.4 Å². The summed E-state index contributed by atoms with van der Waals surface area (Å²) in [6.45, 7) is 9.46. The summed E-state index contributed by atoms with van der Waals surface area (Å²) < 4.78 is 0. The Kier molecular flexibility index (Phi) is 2.34. The molecule has 1 rings (SSSR count). The van der Waals surface area contributed by atoms with E-state index >= 15 is 0 Å². The van der Waals surface area contributed by atoms with Crippen molar-refractivity contribution in [1.82, 2.24) is 4.90 Å². The molecular formula is C8H17BNP. The third kappa shape index (κ3) is 1.99. The molecule has 1 heterocycles. The van der Waals surface area contributed by atoms with Gasteiger partial charge in [-0.15, -0.1) is 9.24 Å². The van der Waals surface area contributed by atoms with E-state index in [2.05, 4.69) is 42.4 Å². The number of likely N-dealkylation sites (tertiary alicyclic amines) is 1. The Hall–Kier alpha value is 0.0349. The van der Waals surface area contributed by atoms with Gasteiger partial charge in [0.15, 0.2) is 0 Å². The molecule has 1 aliphatic rings. The average molecular weight is 169 g/mol. The van der Waals surface area contributed by atoms with Crippen LogP contribution in [0.2, 0.25) is 0 Å². The Bertz CT molecular complexity index is 179. The molecule has 1 fully saturated rings. The molecule has 0 N–H and O–H groups in total. The Morgan fingerprint density at radius 3 is 2.55 bits per heavy atom. The van der Waals surface area contributed by atoms with Gasteiger partial charge in [-0.25, -0.2) is 0 Å². The number of rotatable bonds is 1. The van der Waals surface area contributed by atoms with Crippen molar-refractivity contribution in [3.8, 4) is 0 Å². The SMILES string of the molecule is BC1(P)CC(C)N(C(=C)C)C1. The van der Waals surface area contributed by atoms with Crippen molar-refractivity contribution in [1.29, 1.82) is 0 Å². The predicted molar refractivity (Wildman–Crippen MR) is 56.6 cm³/mol. The Labute approximate surface area is 72.8 Å². The van der Waals surface area contributed by atoms with E-state index in [-0.39, 0.29) is 0 Å². The summed E-state index contributed by atoms with van der Waals surface area (Å²) in [7, 11) is 5.23. The van der Waals surface area contributed by atoms with Crippen LogP contribution in [0.1, 0.15) is 20.3 Å². The van der Waals surface area contributed by atoms with E-state index in [0.29, 0.717) is 11.1 Å². The van der Waals surface area contributed by atoms with Crippen molar-refractivity contribution in [2.45, 2.75) is 31.4 Å². The summed E-state index contributed by atoms with van der Waals surface area (Å²) >= 11 is 0. The molecule has 0 aliphatic carbocycles. The molecule has 0 saturated carbocycles. The van der Waals surface area contributed by atoms with Gasteiger partial charge in [0, 0.05) is 18.3 Å². The highest BCUT2D eigenvalue weighted by Crippen LogP contribution is 2.33. The monoisotopic (exact) mass is 169 g/mol. The first-order valence-electron chi connectivity index (χ1n) is 4.13. The fourth-order valence-corrected chi connectivity index (χ4v) is 2.44. The lowest BCUT2D eigenvalue weighted by molar-refractivity contribution is 0.342. The van der Waals surface area contributed by atoms with Crippen LogP contribution >= 0.6 is 9.24 Å². The molecular weight excluding hydrogens is 152 g/mol. The van der Waals surface area contributed by atoms with Crippen LogP contribution in [-0.2, 0) is 0 Å². The molecule has 0 radical (unpaired) electrons. The van der Waals surface area contributed by atoms with Gasteiger partial charge < -0.3 is 4.90 Å². The molecule has 1 aliphatic heterocycles. The first-order valence-corrected chi connectivity index (χ1v) is 4.71. The summed E-state index contributed by atoms with van der Waals surface area (Å²) in [6.07, 6.45) is 1.25. The van der Waals surface area contributed by atoms with Crippen molar-refractivity contribution in [2.75, 3.05) is 6.54 Å². The summed E-state index contributed by atoms with van der Waals surface area (Å²) in [4.78, 5) is 2.38. The number of nitrogens with zero attached hydrogens (tertiary/aromatic N) is 1. The first-order chi connectivity index (χ1) is 4.92. The van der Waals surface area contributed by atoms with Gasteiger partial charge in [-0.2, -0.15) is 0 Å². The van der Waals surface area contributed by atoms with Crippen LogP contribution in [0.15, 0.2) is 12.3 Å².